The summed E-state index contributed by atoms with van der Waals surface area (Å²) in [6.07, 6.45) is 6.67. The SMILES string of the molecule is Cc1cnc([C@@H]2CCCN(C(=O)c3ccc(N4CCCC4)cc3)C2)s1. The molecule has 2 fully saturated rings. The maximum absolute atomic E-state index is 12.9. The Balaban J connectivity index is 1.44. The maximum Gasteiger partial charge on any atom is 0.253 e. The number of amides is 1. The number of hydrogen-bond donors (Lipinski definition) is 0. The van der Waals surface area contributed by atoms with Crippen LogP contribution in [0.2, 0.25) is 0 Å². The van der Waals surface area contributed by atoms with E-state index in [2.05, 4.69) is 28.9 Å². The summed E-state index contributed by atoms with van der Waals surface area (Å²) in [5.74, 6) is 0.547. The molecule has 0 spiro atoms. The summed E-state index contributed by atoms with van der Waals surface area (Å²) >= 11 is 1.77. The molecule has 3 heterocycles. The number of benzene rings is 1. The van der Waals surface area contributed by atoms with Crippen LogP contribution in [0.4, 0.5) is 5.69 Å². The van der Waals surface area contributed by atoms with Gasteiger partial charge >= 0.3 is 0 Å². The van der Waals surface area contributed by atoms with Gasteiger partial charge in [0.2, 0.25) is 0 Å². The van der Waals surface area contributed by atoms with Gasteiger partial charge in [-0.1, -0.05) is 0 Å². The third-order valence-electron chi connectivity index (χ3n) is 5.28. The van der Waals surface area contributed by atoms with Crippen molar-refractivity contribution < 1.29 is 4.79 Å². The predicted octanol–water partition coefficient (Wildman–Crippen LogP) is 4.07. The minimum absolute atomic E-state index is 0.158. The van der Waals surface area contributed by atoms with Crippen molar-refractivity contribution in [3.63, 3.8) is 0 Å². The zero-order chi connectivity index (χ0) is 17.2. The predicted molar refractivity (Wildman–Crippen MR) is 103 cm³/mol. The lowest BCUT2D eigenvalue weighted by Gasteiger charge is -2.32. The van der Waals surface area contributed by atoms with Gasteiger partial charge in [-0.2, -0.15) is 0 Å². The fraction of sp³-hybridized carbons (Fsp3) is 0.500. The molecule has 25 heavy (non-hydrogen) atoms. The lowest BCUT2D eigenvalue weighted by Crippen LogP contribution is -2.39. The van der Waals surface area contributed by atoms with Crippen molar-refractivity contribution in [3.8, 4) is 0 Å². The molecular weight excluding hydrogens is 330 g/mol. The second-order valence-corrected chi connectivity index (χ2v) is 8.41. The molecule has 0 aliphatic carbocycles. The summed E-state index contributed by atoms with van der Waals surface area (Å²) in [6, 6.07) is 8.19. The topological polar surface area (TPSA) is 36.4 Å². The van der Waals surface area contributed by atoms with Gasteiger partial charge in [-0.05, 0) is 56.9 Å². The van der Waals surface area contributed by atoms with E-state index in [4.69, 9.17) is 0 Å². The maximum atomic E-state index is 12.9. The first kappa shape index (κ1) is 16.6. The van der Waals surface area contributed by atoms with E-state index in [1.54, 1.807) is 11.3 Å². The molecule has 1 aromatic heterocycles. The Morgan fingerprint density at radius 3 is 2.56 bits per heavy atom. The van der Waals surface area contributed by atoms with Crippen molar-refractivity contribution >= 4 is 22.9 Å². The number of thiazole rings is 1. The van der Waals surface area contributed by atoms with Crippen molar-refractivity contribution in [2.45, 2.75) is 38.5 Å². The molecular formula is C20H25N3OS. The Hall–Kier alpha value is -1.88. The summed E-state index contributed by atoms with van der Waals surface area (Å²) < 4.78 is 0. The van der Waals surface area contributed by atoms with E-state index in [1.807, 2.05) is 23.2 Å². The third-order valence-corrected chi connectivity index (χ3v) is 6.36. The standard InChI is InChI=1S/C20H25N3OS/c1-15-13-21-19(25-15)17-5-4-12-23(14-17)20(24)16-6-8-18(9-7-16)22-10-2-3-11-22/h6-9,13,17H,2-5,10-12,14H2,1H3/t17-/m1/s1. The van der Waals surface area contributed by atoms with Gasteiger partial charge in [-0.15, -0.1) is 11.3 Å². The van der Waals surface area contributed by atoms with Gasteiger partial charge in [-0.25, -0.2) is 4.98 Å². The average molecular weight is 356 g/mol. The smallest absolute Gasteiger partial charge is 0.253 e. The highest BCUT2D eigenvalue weighted by Gasteiger charge is 2.27. The first-order valence-corrected chi connectivity index (χ1v) is 10.1. The lowest BCUT2D eigenvalue weighted by molar-refractivity contribution is 0.0707. The first-order chi connectivity index (χ1) is 12.2. The zero-order valence-corrected chi connectivity index (χ0v) is 15.6. The molecule has 132 valence electrons. The summed E-state index contributed by atoms with van der Waals surface area (Å²) in [5, 5.41) is 1.18. The molecule has 5 heteroatoms. The molecule has 2 aliphatic rings. The molecule has 0 radical (unpaired) electrons. The number of hydrogen-bond acceptors (Lipinski definition) is 4. The van der Waals surface area contributed by atoms with E-state index in [1.165, 1.54) is 28.4 Å². The minimum Gasteiger partial charge on any atom is -0.372 e. The highest BCUT2D eigenvalue weighted by Crippen LogP contribution is 2.30. The molecule has 2 aromatic rings. The highest BCUT2D eigenvalue weighted by atomic mass is 32.1. The fourth-order valence-corrected chi connectivity index (χ4v) is 4.80. The largest absolute Gasteiger partial charge is 0.372 e. The van der Waals surface area contributed by atoms with Gasteiger partial charge in [0.15, 0.2) is 0 Å². The summed E-state index contributed by atoms with van der Waals surface area (Å²) in [6.45, 7) is 6.00. The number of likely N-dealkylation sites (tertiary alicyclic amines) is 1. The first-order valence-electron chi connectivity index (χ1n) is 9.27. The number of anilines is 1. The molecule has 1 aromatic carbocycles. The van der Waals surface area contributed by atoms with Crippen LogP contribution in [0.3, 0.4) is 0 Å². The van der Waals surface area contributed by atoms with Crippen LogP contribution in [0.5, 0.6) is 0 Å². The molecule has 0 N–H and O–H groups in total. The van der Waals surface area contributed by atoms with Gasteiger partial charge in [0.25, 0.3) is 5.91 Å². The van der Waals surface area contributed by atoms with Crippen molar-refractivity contribution in [3.05, 3.63) is 45.9 Å². The van der Waals surface area contributed by atoms with E-state index in [9.17, 15) is 4.79 Å². The van der Waals surface area contributed by atoms with Gasteiger partial charge < -0.3 is 9.80 Å². The van der Waals surface area contributed by atoms with Gasteiger partial charge in [0.05, 0.1) is 5.01 Å². The molecule has 0 bridgehead atoms. The molecule has 4 rings (SSSR count). The number of carbonyl (C=O) groups is 1. The Kier molecular flexibility index (Phi) is 4.75. The van der Waals surface area contributed by atoms with Crippen LogP contribution in [0.15, 0.2) is 30.5 Å². The summed E-state index contributed by atoms with van der Waals surface area (Å²) in [7, 11) is 0. The molecule has 2 aliphatic heterocycles. The highest BCUT2D eigenvalue weighted by molar-refractivity contribution is 7.11. The van der Waals surface area contributed by atoms with Crippen molar-refractivity contribution in [1.82, 2.24) is 9.88 Å². The Morgan fingerprint density at radius 1 is 1.12 bits per heavy atom. The number of piperidine rings is 1. The Bertz CT molecular complexity index is 734. The molecule has 1 atom stereocenters. The van der Waals surface area contributed by atoms with E-state index in [0.717, 1.165) is 44.6 Å². The molecule has 4 nitrogen and oxygen atoms in total. The van der Waals surface area contributed by atoms with Crippen molar-refractivity contribution in [2.24, 2.45) is 0 Å². The zero-order valence-electron chi connectivity index (χ0n) is 14.8. The number of rotatable bonds is 3. The Morgan fingerprint density at radius 2 is 1.88 bits per heavy atom. The van der Waals surface area contributed by atoms with Crippen LogP contribution in [-0.4, -0.2) is 42.0 Å². The minimum atomic E-state index is 0.158. The van der Waals surface area contributed by atoms with Crippen LogP contribution < -0.4 is 4.90 Å². The molecule has 0 saturated carbocycles. The Labute approximate surface area is 153 Å². The normalized spacial score (nSPS) is 20.9. The number of nitrogens with zero attached hydrogens (tertiary/aromatic N) is 3. The monoisotopic (exact) mass is 355 g/mol. The van der Waals surface area contributed by atoms with Crippen LogP contribution in [0, 0.1) is 6.92 Å². The molecule has 0 unspecified atom stereocenters. The van der Waals surface area contributed by atoms with E-state index < -0.39 is 0 Å². The van der Waals surface area contributed by atoms with Crippen molar-refractivity contribution in [2.75, 3.05) is 31.1 Å². The van der Waals surface area contributed by atoms with E-state index >= 15 is 0 Å². The quantitative estimate of drug-likeness (QED) is 0.833. The average Bonchev–Trinajstić information content (AvgIpc) is 3.33. The number of aryl methyl sites for hydroxylation is 1. The molecule has 1 amide bonds. The fourth-order valence-electron chi connectivity index (χ4n) is 3.90. The van der Waals surface area contributed by atoms with Crippen LogP contribution in [-0.2, 0) is 0 Å². The van der Waals surface area contributed by atoms with Gasteiger partial charge in [0.1, 0.15) is 0 Å². The third kappa shape index (κ3) is 3.56. The summed E-state index contributed by atoms with van der Waals surface area (Å²) in [4.78, 5) is 23.1. The lowest BCUT2D eigenvalue weighted by atomic mass is 9.98. The van der Waals surface area contributed by atoms with Gasteiger partial charge in [-0.3, -0.25) is 4.79 Å². The van der Waals surface area contributed by atoms with Crippen LogP contribution >= 0.6 is 11.3 Å². The van der Waals surface area contributed by atoms with Crippen molar-refractivity contribution in [1.29, 1.82) is 0 Å². The van der Waals surface area contributed by atoms with Crippen LogP contribution in [0.25, 0.3) is 0 Å². The van der Waals surface area contributed by atoms with Gasteiger partial charge in [0, 0.05) is 54.4 Å². The number of carbonyl (C=O) groups excluding carboxylic acids is 1. The van der Waals surface area contributed by atoms with E-state index in [0.29, 0.717) is 5.92 Å². The van der Waals surface area contributed by atoms with Crippen LogP contribution in [0.1, 0.15) is 51.8 Å². The second kappa shape index (κ2) is 7.16. The molecule has 2 saturated heterocycles. The second-order valence-electron chi connectivity index (χ2n) is 7.14. The summed E-state index contributed by atoms with van der Waals surface area (Å²) in [5.41, 5.74) is 2.04. The van der Waals surface area contributed by atoms with E-state index in [-0.39, 0.29) is 5.91 Å². The number of aromatic nitrogens is 1.